The highest BCUT2D eigenvalue weighted by molar-refractivity contribution is 9.10. The van der Waals surface area contributed by atoms with E-state index in [9.17, 15) is 14.7 Å². The van der Waals surface area contributed by atoms with Crippen LogP contribution in [0.4, 0.5) is 5.69 Å². The summed E-state index contributed by atoms with van der Waals surface area (Å²) in [6.07, 6.45) is 0. The number of aliphatic hydroxyl groups is 1. The smallest absolute Gasteiger partial charge is 0.300 e. The van der Waals surface area contributed by atoms with E-state index in [1.54, 1.807) is 72.8 Å². The zero-order valence-electron chi connectivity index (χ0n) is 17.4. The SMILES string of the molecule is COc1ccc(C2/C(=C(/O)c3ccccc3)C(=O)C(=O)N2c2ccc(Br)cc2)c(OC)c1. The van der Waals surface area contributed by atoms with E-state index in [1.807, 2.05) is 0 Å². The Morgan fingerprint density at radius 1 is 0.938 bits per heavy atom. The molecule has 0 radical (unpaired) electrons. The van der Waals surface area contributed by atoms with E-state index in [0.717, 1.165) is 4.47 Å². The van der Waals surface area contributed by atoms with E-state index < -0.39 is 17.7 Å². The summed E-state index contributed by atoms with van der Waals surface area (Å²) in [5, 5.41) is 11.1. The van der Waals surface area contributed by atoms with Gasteiger partial charge < -0.3 is 14.6 Å². The van der Waals surface area contributed by atoms with Gasteiger partial charge in [0.2, 0.25) is 0 Å². The van der Waals surface area contributed by atoms with Crippen LogP contribution < -0.4 is 14.4 Å². The highest BCUT2D eigenvalue weighted by atomic mass is 79.9. The molecule has 7 heteroatoms. The first-order valence-electron chi connectivity index (χ1n) is 9.80. The van der Waals surface area contributed by atoms with Crippen LogP contribution in [0.2, 0.25) is 0 Å². The summed E-state index contributed by atoms with van der Waals surface area (Å²) in [4.78, 5) is 27.8. The van der Waals surface area contributed by atoms with E-state index in [1.165, 1.54) is 19.1 Å². The van der Waals surface area contributed by atoms with Gasteiger partial charge in [-0.05, 0) is 36.4 Å². The van der Waals surface area contributed by atoms with E-state index in [4.69, 9.17) is 9.47 Å². The van der Waals surface area contributed by atoms with Gasteiger partial charge in [0.25, 0.3) is 11.7 Å². The maximum Gasteiger partial charge on any atom is 0.300 e. The van der Waals surface area contributed by atoms with Crippen molar-refractivity contribution in [3.8, 4) is 11.5 Å². The minimum absolute atomic E-state index is 0.00687. The molecule has 1 unspecified atom stereocenters. The molecule has 6 nitrogen and oxygen atoms in total. The van der Waals surface area contributed by atoms with Crippen molar-refractivity contribution in [3.63, 3.8) is 0 Å². The predicted molar refractivity (Wildman–Crippen MR) is 125 cm³/mol. The van der Waals surface area contributed by atoms with Crippen molar-refractivity contribution in [1.29, 1.82) is 0 Å². The lowest BCUT2D eigenvalue weighted by Gasteiger charge is -2.27. The maximum absolute atomic E-state index is 13.2. The minimum Gasteiger partial charge on any atom is -0.507 e. The lowest BCUT2D eigenvalue weighted by Crippen LogP contribution is -2.29. The second kappa shape index (κ2) is 8.88. The molecule has 0 saturated carbocycles. The van der Waals surface area contributed by atoms with Crippen molar-refractivity contribution in [1.82, 2.24) is 0 Å². The van der Waals surface area contributed by atoms with Crippen molar-refractivity contribution in [3.05, 3.63) is 94.0 Å². The molecule has 1 N–H and O–H groups in total. The second-order valence-corrected chi connectivity index (χ2v) is 8.04. The summed E-state index contributed by atoms with van der Waals surface area (Å²) in [5.74, 6) is -0.747. The van der Waals surface area contributed by atoms with E-state index >= 15 is 0 Å². The van der Waals surface area contributed by atoms with E-state index in [-0.39, 0.29) is 11.3 Å². The van der Waals surface area contributed by atoms with Gasteiger partial charge in [-0.15, -0.1) is 0 Å². The van der Waals surface area contributed by atoms with Crippen molar-refractivity contribution in [2.75, 3.05) is 19.1 Å². The molecule has 32 heavy (non-hydrogen) atoms. The van der Waals surface area contributed by atoms with Gasteiger partial charge in [-0.1, -0.05) is 46.3 Å². The van der Waals surface area contributed by atoms with Crippen LogP contribution in [0.1, 0.15) is 17.2 Å². The quantitative estimate of drug-likeness (QED) is 0.304. The lowest BCUT2D eigenvalue weighted by molar-refractivity contribution is -0.132. The third-order valence-corrected chi connectivity index (χ3v) is 5.86. The molecule has 0 aromatic heterocycles. The molecule has 3 aromatic rings. The molecule has 0 spiro atoms. The first-order valence-corrected chi connectivity index (χ1v) is 10.6. The number of halogens is 1. The molecular weight excluding hydrogens is 474 g/mol. The van der Waals surface area contributed by atoms with Crippen molar-refractivity contribution in [2.45, 2.75) is 6.04 Å². The van der Waals surface area contributed by atoms with Crippen molar-refractivity contribution in [2.24, 2.45) is 0 Å². The number of hydrogen-bond acceptors (Lipinski definition) is 5. The highest BCUT2D eigenvalue weighted by Crippen LogP contribution is 2.45. The predicted octanol–water partition coefficient (Wildman–Crippen LogP) is 5.09. The fourth-order valence-electron chi connectivity index (χ4n) is 3.79. The van der Waals surface area contributed by atoms with Gasteiger partial charge in [-0.25, -0.2) is 0 Å². The number of carbonyl (C=O) groups is 2. The number of ether oxygens (including phenoxy) is 2. The molecule has 162 valence electrons. The standard InChI is InChI=1S/C25H20BrNO5/c1-31-18-12-13-19(20(14-18)32-2)22-21(23(28)15-6-4-3-5-7-15)24(29)25(30)27(22)17-10-8-16(26)9-11-17/h3-14,22,28H,1-2H3/b23-21-. The number of carbonyl (C=O) groups excluding carboxylic acids is 2. The van der Waals surface area contributed by atoms with Crippen LogP contribution in [0.15, 0.2) is 82.8 Å². The summed E-state index contributed by atoms with van der Waals surface area (Å²) in [5.41, 5.74) is 1.50. The van der Waals surface area contributed by atoms with E-state index in [0.29, 0.717) is 28.3 Å². The Kier molecular flexibility index (Phi) is 6.01. The molecule has 1 fully saturated rings. The van der Waals surface area contributed by atoms with Gasteiger partial charge in [0.15, 0.2) is 0 Å². The number of Topliss-reactive ketones (excluding diaryl/α,β-unsaturated/α-hetero) is 1. The number of ketones is 1. The third-order valence-electron chi connectivity index (χ3n) is 5.33. The zero-order chi connectivity index (χ0) is 22.8. The van der Waals surface area contributed by atoms with Crippen LogP contribution in [0.25, 0.3) is 5.76 Å². The Labute approximate surface area is 193 Å². The Bertz CT molecular complexity index is 1200. The number of nitrogens with zero attached hydrogens (tertiary/aromatic N) is 1. The van der Waals surface area contributed by atoms with Gasteiger partial charge in [0, 0.05) is 27.4 Å². The number of methoxy groups -OCH3 is 2. The number of rotatable bonds is 5. The van der Waals surface area contributed by atoms with Gasteiger partial charge in [0.05, 0.1) is 25.8 Å². The average Bonchev–Trinajstić information content (AvgIpc) is 3.09. The topological polar surface area (TPSA) is 76.1 Å². The van der Waals surface area contributed by atoms with Gasteiger partial charge >= 0.3 is 0 Å². The Morgan fingerprint density at radius 3 is 2.25 bits per heavy atom. The second-order valence-electron chi connectivity index (χ2n) is 7.12. The molecule has 0 bridgehead atoms. The highest BCUT2D eigenvalue weighted by Gasteiger charge is 2.48. The third kappa shape index (κ3) is 3.76. The molecule has 0 aliphatic carbocycles. The Balaban J connectivity index is 1.99. The summed E-state index contributed by atoms with van der Waals surface area (Å²) in [7, 11) is 3.04. The number of anilines is 1. The molecule has 1 atom stereocenters. The monoisotopic (exact) mass is 493 g/mol. The van der Waals surface area contributed by atoms with Crippen molar-refractivity contribution >= 4 is 39.1 Å². The van der Waals surface area contributed by atoms with Crippen LogP contribution in [0.5, 0.6) is 11.5 Å². The maximum atomic E-state index is 13.2. The first-order chi connectivity index (χ1) is 15.5. The number of aliphatic hydroxyl groups excluding tert-OH is 1. The average molecular weight is 494 g/mol. The fourth-order valence-corrected chi connectivity index (χ4v) is 4.05. The lowest BCUT2D eigenvalue weighted by atomic mass is 9.94. The largest absolute Gasteiger partial charge is 0.507 e. The first kappa shape index (κ1) is 21.6. The van der Waals surface area contributed by atoms with Gasteiger partial charge in [-0.3, -0.25) is 14.5 Å². The van der Waals surface area contributed by atoms with Crippen molar-refractivity contribution < 1.29 is 24.2 Å². The normalized spacial score (nSPS) is 17.5. The molecule has 4 rings (SSSR count). The number of hydrogen-bond donors (Lipinski definition) is 1. The van der Waals surface area contributed by atoms with Crippen LogP contribution in [0, 0.1) is 0 Å². The molecule has 1 saturated heterocycles. The summed E-state index contributed by atoms with van der Waals surface area (Å²) < 4.78 is 11.7. The fraction of sp³-hybridized carbons (Fsp3) is 0.120. The number of amides is 1. The van der Waals surface area contributed by atoms with Gasteiger partial charge in [-0.2, -0.15) is 0 Å². The molecule has 3 aromatic carbocycles. The molecular formula is C25H20BrNO5. The van der Waals surface area contributed by atoms with Crippen LogP contribution in [-0.4, -0.2) is 31.0 Å². The summed E-state index contributed by atoms with van der Waals surface area (Å²) >= 11 is 3.39. The molecule has 1 aliphatic rings. The summed E-state index contributed by atoms with van der Waals surface area (Å²) in [6.45, 7) is 0. The Morgan fingerprint density at radius 2 is 1.62 bits per heavy atom. The van der Waals surface area contributed by atoms with E-state index in [2.05, 4.69) is 15.9 Å². The minimum atomic E-state index is -0.891. The van der Waals surface area contributed by atoms with Crippen LogP contribution in [0.3, 0.4) is 0 Å². The molecule has 1 amide bonds. The van der Waals surface area contributed by atoms with Gasteiger partial charge in [0.1, 0.15) is 17.3 Å². The Hall–Kier alpha value is -3.58. The molecule has 1 aliphatic heterocycles. The van der Waals surface area contributed by atoms with Crippen LogP contribution in [-0.2, 0) is 9.59 Å². The zero-order valence-corrected chi connectivity index (χ0v) is 19.0. The molecule has 1 heterocycles. The van der Waals surface area contributed by atoms with Crippen LogP contribution >= 0.6 is 15.9 Å². The summed E-state index contributed by atoms with van der Waals surface area (Å²) in [6, 6.07) is 20.0. The number of benzene rings is 3.